The molecule has 0 radical (unpaired) electrons. The minimum absolute atomic E-state index is 0.216. The molecule has 4 nitrogen and oxygen atoms in total. The Balaban J connectivity index is 2.07. The average molecular weight is 190 g/mol. The Kier molecular flexibility index (Phi) is 1.28. The third-order valence-electron chi connectivity index (χ3n) is 4.44. The first-order chi connectivity index (χ1) is 6.75. The summed E-state index contributed by atoms with van der Waals surface area (Å²) in [6, 6.07) is 0. The summed E-state index contributed by atoms with van der Waals surface area (Å²) in [5.41, 5.74) is -0.431. The van der Waals surface area contributed by atoms with Gasteiger partial charge in [0.15, 0.2) is 0 Å². The number of isocyanates is 2. The van der Waals surface area contributed by atoms with Crippen LogP contribution in [0, 0.1) is 11.8 Å². The van der Waals surface area contributed by atoms with Crippen LogP contribution >= 0.6 is 0 Å². The van der Waals surface area contributed by atoms with Crippen molar-refractivity contribution >= 4 is 12.2 Å². The predicted molar refractivity (Wildman–Crippen MR) is 47.2 cm³/mol. The number of hydrogen-bond acceptors (Lipinski definition) is 4. The van der Waals surface area contributed by atoms with Gasteiger partial charge in [-0.3, -0.25) is 0 Å². The van der Waals surface area contributed by atoms with Crippen LogP contribution in [0.3, 0.4) is 0 Å². The molecule has 4 saturated carbocycles. The van der Waals surface area contributed by atoms with Crippen molar-refractivity contribution in [1.82, 2.24) is 0 Å². The van der Waals surface area contributed by atoms with Crippen LogP contribution in [0.15, 0.2) is 9.98 Å². The molecule has 72 valence electrons. The van der Waals surface area contributed by atoms with Gasteiger partial charge in [0.25, 0.3) is 0 Å². The van der Waals surface area contributed by atoms with Crippen molar-refractivity contribution in [2.45, 2.75) is 36.8 Å². The van der Waals surface area contributed by atoms with Crippen LogP contribution in [-0.4, -0.2) is 23.2 Å². The van der Waals surface area contributed by atoms with Crippen LogP contribution in [0.25, 0.3) is 0 Å². The van der Waals surface area contributed by atoms with Crippen LogP contribution in [0.1, 0.15) is 25.7 Å². The van der Waals surface area contributed by atoms with E-state index in [-0.39, 0.29) is 11.1 Å². The van der Waals surface area contributed by atoms with Crippen LogP contribution in [0.4, 0.5) is 0 Å². The highest BCUT2D eigenvalue weighted by molar-refractivity contribution is 5.43. The maximum absolute atomic E-state index is 10.4. The zero-order valence-electron chi connectivity index (χ0n) is 7.69. The molecule has 0 N–H and O–H groups in total. The van der Waals surface area contributed by atoms with Gasteiger partial charge in [0.2, 0.25) is 12.2 Å². The molecular formula is C10H10N2O2. The Morgan fingerprint density at radius 3 is 1.86 bits per heavy atom. The summed E-state index contributed by atoms with van der Waals surface area (Å²) in [5, 5.41) is 0. The largest absolute Gasteiger partial charge is 0.235 e. The molecular weight excluding hydrogens is 180 g/mol. The molecule has 0 saturated heterocycles. The summed E-state index contributed by atoms with van der Waals surface area (Å²) in [7, 11) is 0. The third-order valence-corrected chi connectivity index (χ3v) is 4.44. The first-order valence-corrected chi connectivity index (χ1v) is 4.93. The molecule has 4 aliphatic carbocycles. The van der Waals surface area contributed by atoms with Gasteiger partial charge < -0.3 is 0 Å². The average Bonchev–Trinajstić information content (AvgIpc) is 2.73. The van der Waals surface area contributed by atoms with E-state index in [9.17, 15) is 9.59 Å². The van der Waals surface area contributed by atoms with E-state index in [1.807, 2.05) is 0 Å². The lowest BCUT2D eigenvalue weighted by atomic mass is 9.91. The van der Waals surface area contributed by atoms with E-state index in [0.29, 0.717) is 11.8 Å². The Morgan fingerprint density at radius 1 is 1.00 bits per heavy atom. The molecule has 0 aromatic rings. The van der Waals surface area contributed by atoms with E-state index in [2.05, 4.69) is 9.98 Å². The molecule has 4 rings (SSSR count). The number of carbonyl (C=O) groups excluding carboxylic acids is 2. The molecule has 0 aliphatic heterocycles. The molecule has 4 heteroatoms. The number of rotatable bonds is 2. The number of aliphatic imine (C=N–C) groups is 2. The molecule has 0 aromatic carbocycles. The molecule has 0 heterocycles. The van der Waals surface area contributed by atoms with Gasteiger partial charge in [-0.1, -0.05) is 0 Å². The van der Waals surface area contributed by atoms with E-state index >= 15 is 0 Å². The zero-order valence-corrected chi connectivity index (χ0v) is 7.69. The second-order valence-corrected chi connectivity index (χ2v) is 4.83. The fourth-order valence-corrected chi connectivity index (χ4v) is 4.01. The van der Waals surface area contributed by atoms with Crippen LogP contribution in [0.5, 0.6) is 0 Å². The molecule has 0 amide bonds. The summed E-state index contributed by atoms with van der Waals surface area (Å²) in [6.07, 6.45) is 7.02. The van der Waals surface area contributed by atoms with Crippen molar-refractivity contribution in [3.05, 3.63) is 0 Å². The van der Waals surface area contributed by atoms with E-state index < -0.39 is 0 Å². The van der Waals surface area contributed by atoms with Gasteiger partial charge in [0.05, 0.1) is 11.1 Å². The maximum Gasteiger partial charge on any atom is 0.235 e. The van der Waals surface area contributed by atoms with Crippen molar-refractivity contribution < 1.29 is 9.59 Å². The van der Waals surface area contributed by atoms with E-state index in [0.717, 1.165) is 25.7 Å². The lowest BCUT2D eigenvalue weighted by Crippen LogP contribution is -2.26. The highest BCUT2D eigenvalue weighted by Gasteiger charge is 2.71. The van der Waals surface area contributed by atoms with Crippen LogP contribution < -0.4 is 0 Å². The quantitative estimate of drug-likeness (QED) is 0.481. The topological polar surface area (TPSA) is 58.9 Å². The lowest BCUT2D eigenvalue weighted by molar-refractivity contribution is 0.370. The first kappa shape index (κ1) is 8.10. The van der Waals surface area contributed by atoms with Crippen molar-refractivity contribution in [2.75, 3.05) is 0 Å². The minimum Gasteiger partial charge on any atom is -0.211 e. The van der Waals surface area contributed by atoms with Crippen LogP contribution in [-0.2, 0) is 9.59 Å². The lowest BCUT2D eigenvalue weighted by Gasteiger charge is -2.21. The van der Waals surface area contributed by atoms with Crippen molar-refractivity contribution in [3.8, 4) is 0 Å². The van der Waals surface area contributed by atoms with Gasteiger partial charge in [-0.25, -0.2) is 9.59 Å². The van der Waals surface area contributed by atoms with Gasteiger partial charge in [0.1, 0.15) is 0 Å². The summed E-state index contributed by atoms with van der Waals surface area (Å²) in [6.45, 7) is 0. The summed E-state index contributed by atoms with van der Waals surface area (Å²) >= 11 is 0. The van der Waals surface area contributed by atoms with E-state index in [4.69, 9.17) is 0 Å². The summed E-state index contributed by atoms with van der Waals surface area (Å²) < 4.78 is 0. The smallest absolute Gasteiger partial charge is 0.211 e. The SMILES string of the molecule is O=C=NC12CC3CC1CC3(N=C=O)C2. The fourth-order valence-electron chi connectivity index (χ4n) is 4.01. The molecule has 4 fully saturated rings. The summed E-state index contributed by atoms with van der Waals surface area (Å²) in [4.78, 5) is 28.7. The first-order valence-electron chi connectivity index (χ1n) is 4.93. The minimum atomic E-state index is -0.216. The van der Waals surface area contributed by atoms with Gasteiger partial charge in [-0.2, -0.15) is 9.98 Å². The highest BCUT2D eigenvalue weighted by Crippen LogP contribution is 2.70. The number of nitrogens with zero attached hydrogens (tertiary/aromatic N) is 2. The normalized spacial score (nSPS) is 51.7. The van der Waals surface area contributed by atoms with Gasteiger partial charge >= 0.3 is 0 Å². The van der Waals surface area contributed by atoms with Crippen molar-refractivity contribution in [3.63, 3.8) is 0 Å². The Hall–Kier alpha value is -1.24. The zero-order chi connectivity index (χ0) is 9.81. The molecule has 4 atom stereocenters. The molecule has 0 aromatic heterocycles. The molecule has 4 aliphatic rings. The Morgan fingerprint density at radius 2 is 1.50 bits per heavy atom. The fraction of sp³-hybridized carbons (Fsp3) is 0.800. The predicted octanol–water partition coefficient (Wildman–Crippen LogP) is 0.969. The van der Waals surface area contributed by atoms with Gasteiger partial charge in [-0.15, -0.1) is 0 Å². The van der Waals surface area contributed by atoms with E-state index in [1.165, 1.54) is 0 Å². The molecule has 14 heavy (non-hydrogen) atoms. The standard InChI is InChI=1S/C10H10N2O2/c13-5-11-9-2-7-1-8(9)3-10(7,4-9)12-6-14/h7-8H,1-4H2. The summed E-state index contributed by atoms with van der Waals surface area (Å²) in [5.74, 6) is 0.900. The second kappa shape index (κ2) is 2.22. The molecule has 4 unspecified atom stereocenters. The highest BCUT2D eigenvalue weighted by atomic mass is 16.1. The molecule has 0 spiro atoms. The molecule has 4 bridgehead atoms. The van der Waals surface area contributed by atoms with Gasteiger partial charge in [0, 0.05) is 6.42 Å². The monoisotopic (exact) mass is 190 g/mol. The van der Waals surface area contributed by atoms with Crippen LogP contribution in [0.2, 0.25) is 0 Å². The van der Waals surface area contributed by atoms with E-state index in [1.54, 1.807) is 12.2 Å². The van der Waals surface area contributed by atoms with Crippen molar-refractivity contribution in [1.29, 1.82) is 0 Å². The second-order valence-electron chi connectivity index (χ2n) is 4.83. The van der Waals surface area contributed by atoms with Gasteiger partial charge in [-0.05, 0) is 31.1 Å². The third kappa shape index (κ3) is 0.682. The Bertz CT molecular complexity index is 359. The Labute approximate surface area is 81.1 Å². The maximum atomic E-state index is 10.4. The van der Waals surface area contributed by atoms with Crippen molar-refractivity contribution in [2.24, 2.45) is 21.8 Å². The number of hydrogen-bond donors (Lipinski definition) is 0.